The van der Waals surface area contributed by atoms with Crippen LogP contribution in [0.3, 0.4) is 0 Å². The molecule has 0 unspecified atom stereocenters. The van der Waals surface area contributed by atoms with E-state index in [2.05, 4.69) is 24.1 Å². The van der Waals surface area contributed by atoms with E-state index in [-0.39, 0.29) is 5.91 Å². The Morgan fingerprint density at radius 3 is 2.71 bits per heavy atom. The van der Waals surface area contributed by atoms with Crippen molar-refractivity contribution in [1.82, 2.24) is 4.90 Å². The molecule has 0 atom stereocenters. The number of piperidine rings is 1. The molecule has 1 aromatic carbocycles. The standard InChI is InChI=1S/C17H27N3O/c1-3-17(2)7-9-20(10-8-17)13-16(21)19-15-6-4-5-14(11-15)12-18/h4-6,11H,3,7-10,12-13,18H2,1-2H3,(H,19,21). The van der Waals surface area contributed by atoms with Gasteiger partial charge in [-0.2, -0.15) is 0 Å². The van der Waals surface area contributed by atoms with Crippen LogP contribution in [0.1, 0.15) is 38.7 Å². The molecule has 0 spiro atoms. The van der Waals surface area contributed by atoms with Crippen molar-refractivity contribution in [3.05, 3.63) is 29.8 Å². The fraction of sp³-hybridized carbons (Fsp3) is 0.588. The minimum Gasteiger partial charge on any atom is -0.326 e. The van der Waals surface area contributed by atoms with Crippen LogP contribution in [0.5, 0.6) is 0 Å². The second-order valence-corrected chi connectivity index (χ2v) is 6.39. The highest BCUT2D eigenvalue weighted by atomic mass is 16.2. The molecule has 1 aromatic rings. The number of benzene rings is 1. The predicted molar refractivity (Wildman–Crippen MR) is 87.0 cm³/mol. The Morgan fingerprint density at radius 2 is 2.10 bits per heavy atom. The van der Waals surface area contributed by atoms with E-state index in [0.717, 1.165) is 24.3 Å². The average Bonchev–Trinajstić information content (AvgIpc) is 2.50. The molecule has 1 aliphatic heterocycles. The second-order valence-electron chi connectivity index (χ2n) is 6.39. The first kappa shape index (κ1) is 16.0. The zero-order valence-corrected chi connectivity index (χ0v) is 13.2. The third-order valence-electron chi connectivity index (χ3n) is 4.73. The number of anilines is 1. The van der Waals surface area contributed by atoms with Crippen molar-refractivity contribution in [2.75, 3.05) is 25.0 Å². The molecule has 4 nitrogen and oxygen atoms in total. The number of hydrogen-bond donors (Lipinski definition) is 2. The third-order valence-corrected chi connectivity index (χ3v) is 4.73. The first-order chi connectivity index (χ1) is 10.0. The zero-order chi connectivity index (χ0) is 15.3. The fourth-order valence-electron chi connectivity index (χ4n) is 2.78. The molecule has 4 heteroatoms. The van der Waals surface area contributed by atoms with Gasteiger partial charge in [-0.25, -0.2) is 0 Å². The number of carbonyl (C=O) groups excluding carboxylic acids is 1. The van der Waals surface area contributed by atoms with Gasteiger partial charge in [-0.05, 0) is 49.0 Å². The van der Waals surface area contributed by atoms with E-state index in [4.69, 9.17) is 5.73 Å². The van der Waals surface area contributed by atoms with Gasteiger partial charge in [0.15, 0.2) is 0 Å². The first-order valence-corrected chi connectivity index (χ1v) is 7.86. The number of nitrogens with two attached hydrogens (primary N) is 1. The van der Waals surface area contributed by atoms with Crippen LogP contribution in [0.25, 0.3) is 0 Å². The zero-order valence-electron chi connectivity index (χ0n) is 13.2. The third kappa shape index (κ3) is 4.55. The number of nitrogens with one attached hydrogen (secondary N) is 1. The van der Waals surface area contributed by atoms with Crippen LogP contribution in [-0.4, -0.2) is 30.4 Å². The SMILES string of the molecule is CCC1(C)CCN(CC(=O)Nc2cccc(CN)c2)CC1. The van der Waals surface area contributed by atoms with Crippen molar-refractivity contribution in [3.63, 3.8) is 0 Å². The quantitative estimate of drug-likeness (QED) is 0.876. The molecule has 1 saturated heterocycles. The van der Waals surface area contributed by atoms with Gasteiger partial charge in [0, 0.05) is 12.2 Å². The highest BCUT2D eigenvalue weighted by Gasteiger charge is 2.28. The Balaban J connectivity index is 1.82. The smallest absolute Gasteiger partial charge is 0.238 e. The van der Waals surface area contributed by atoms with Gasteiger partial charge in [0.2, 0.25) is 5.91 Å². The van der Waals surface area contributed by atoms with Crippen molar-refractivity contribution in [1.29, 1.82) is 0 Å². The van der Waals surface area contributed by atoms with Gasteiger partial charge in [-0.15, -0.1) is 0 Å². The van der Waals surface area contributed by atoms with Crippen LogP contribution in [0, 0.1) is 5.41 Å². The van der Waals surface area contributed by atoms with Crippen LogP contribution < -0.4 is 11.1 Å². The highest BCUT2D eigenvalue weighted by Crippen LogP contribution is 2.33. The molecular formula is C17H27N3O. The Kier molecular flexibility index (Phi) is 5.37. The molecule has 1 heterocycles. The van der Waals surface area contributed by atoms with E-state index in [1.54, 1.807) is 0 Å². The summed E-state index contributed by atoms with van der Waals surface area (Å²) in [7, 11) is 0. The number of hydrogen-bond acceptors (Lipinski definition) is 3. The summed E-state index contributed by atoms with van der Waals surface area (Å²) >= 11 is 0. The topological polar surface area (TPSA) is 58.4 Å². The molecule has 0 aromatic heterocycles. The molecule has 0 saturated carbocycles. The van der Waals surface area contributed by atoms with Crippen LogP contribution in [-0.2, 0) is 11.3 Å². The summed E-state index contributed by atoms with van der Waals surface area (Å²) in [6, 6.07) is 7.72. The Hall–Kier alpha value is -1.39. The first-order valence-electron chi connectivity index (χ1n) is 7.86. The van der Waals surface area contributed by atoms with E-state index in [1.165, 1.54) is 19.3 Å². The van der Waals surface area contributed by atoms with Crippen LogP contribution in [0.2, 0.25) is 0 Å². The van der Waals surface area contributed by atoms with Crippen molar-refractivity contribution in [3.8, 4) is 0 Å². The lowest BCUT2D eigenvalue weighted by molar-refractivity contribution is -0.117. The molecule has 2 rings (SSSR count). The fourth-order valence-corrected chi connectivity index (χ4v) is 2.78. The number of likely N-dealkylation sites (tertiary alicyclic amines) is 1. The van der Waals surface area contributed by atoms with Crippen molar-refractivity contribution in [2.45, 2.75) is 39.7 Å². The predicted octanol–water partition coefficient (Wildman–Crippen LogP) is 2.60. The van der Waals surface area contributed by atoms with Crippen LogP contribution >= 0.6 is 0 Å². The lowest BCUT2D eigenvalue weighted by Gasteiger charge is -2.38. The molecule has 3 N–H and O–H groups in total. The maximum absolute atomic E-state index is 12.1. The number of amides is 1. The lowest BCUT2D eigenvalue weighted by atomic mass is 9.78. The van der Waals surface area contributed by atoms with E-state index < -0.39 is 0 Å². The van der Waals surface area contributed by atoms with E-state index in [0.29, 0.717) is 18.5 Å². The number of nitrogens with zero attached hydrogens (tertiary/aromatic N) is 1. The van der Waals surface area contributed by atoms with Gasteiger partial charge in [-0.3, -0.25) is 9.69 Å². The number of rotatable bonds is 5. The van der Waals surface area contributed by atoms with Gasteiger partial charge in [0.1, 0.15) is 0 Å². The lowest BCUT2D eigenvalue weighted by Crippen LogP contribution is -2.42. The van der Waals surface area contributed by atoms with Gasteiger partial charge < -0.3 is 11.1 Å². The molecule has 1 amide bonds. The van der Waals surface area contributed by atoms with E-state index in [9.17, 15) is 4.79 Å². The van der Waals surface area contributed by atoms with Crippen molar-refractivity contribution >= 4 is 11.6 Å². The molecule has 1 fully saturated rings. The average molecular weight is 289 g/mol. The van der Waals surface area contributed by atoms with Crippen molar-refractivity contribution in [2.24, 2.45) is 11.1 Å². The molecular weight excluding hydrogens is 262 g/mol. The molecule has 0 bridgehead atoms. The summed E-state index contributed by atoms with van der Waals surface area (Å²) in [5.74, 6) is 0.0595. The second kappa shape index (κ2) is 7.05. The molecule has 0 radical (unpaired) electrons. The molecule has 1 aliphatic rings. The van der Waals surface area contributed by atoms with Gasteiger partial charge in [-0.1, -0.05) is 32.4 Å². The molecule has 0 aliphatic carbocycles. The Labute approximate surface area is 127 Å². The van der Waals surface area contributed by atoms with Crippen LogP contribution in [0.4, 0.5) is 5.69 Å². The Morgan fingerprint density at radius 1 is 1.38 bits per heavy atom. The number of carbonyl (C=O) groups is 1. The monoisotopic (exact) mass is 289 g/mol. The molecule has 116 valence electrons. The summed E-state index contributed by atoms with van der Waals surface area (Å²) in [5, 5.41) is 2.96. The van der Waals surface area contributed by atoms with Gasteiger partial charge in [0.25, 0.3) is 0 Å². The van der Waals surface area contributed by atoms with Gasteiger partial charge in [0.05, 0.1) is 6.54 Å². The minimum atomic E-state index is 0.0595. The largest absolute Gasteiger partial charge is 0.326 e. The summed E-state index contributed by atoms with van der Waals surface area (Å²) in [6.07, 6.45) is 3.58. The van der Waals surface area contributed by atoms with Gasteiger partial charge >= 0.3 is 0 Å². The summed E-state index contributed by atoms with van der Waals surface area (Å²) in [5.41, 5.74) is 7.94. The maximum atomic E-state index is 12.1. The van der Waals surface area contributed by atoms with Crippen LogP contribution in [0.15, 0.2) is 24.3 Å². The summed E-state index contributed by atoms with van der Waals surface area (Å²) in [6.45, 7) is 7.61. The summed E-state index contributed by atoms with van der Waals surface area (Å²) in [4.78, 5) is 14.4. The molecule has 21 heavy (non-hydrogen) atoms. The maximum Gasteiger partial charge on any atom is 0.238 e. The van der Waals surface area contributed by atoms with E-state index in [1.807, 2.05) is 24.3 Å². The van der Waals surface area contributed by atoms with E-state index >= 15 is 0 Å². The summed E-state index contributed by atoms with van der Waals surface area (Å²) < 4.78 is 0. The Bertz CT molecular complexity index is 479. The minimum absolute atomic E-state index is 0.0595. The normalized spacial score (nSPS) is 18.4. The van der Waals surface area contributed by atoms with Crippen molar-refractivity contribution < 1.29 is 4.79 Å². The highest BCUT2D eigenvalue weighted by molar-refractivity contribution is 5.92.